The molecular weight excluding hydrogens is 288 g/mol. The van der Waals surface area contributed by atoms with Crippen molar-refractivity contribution in [1.82, 2.24) is 4.90 Å². The maximum absolute atomic E-state index is 12.1. The molecule has 120 valence electrons. The lowest BCUT2D eigenvalue weighted by molar-refractivity contribution is -0.137. The molecule has 7 heteroatoms. The molecule has 2 amide bonds. The van der Waals surface area contributed by atoms with E-state index in [0.29, 0.717) is 18.0 Å². The van der Waals surface area contributed by atoms with Crippen LogP contribution >= 0.6 is 0 Å². The van der Waals surface area contributed by atoms with Crippen molar-refractivity contribution in [3.8, 4) is 5.75 Å². The quantitative estimate of drug-likeness (QED) is 0.869. The van der Waals surface area contributed by atoms with Crippen molar-refractivity contribution in [2.24, 2.45) is 0 Å². The third kappa shape index (κ3) is 3.67. The molecule has 0 aromatic heterocycles. The summed E-state index contributed by atoms with van der Waals surface area (Å²) < 4.78 is 11.1. The van der Waals surface area contributed by atoms with Gasteiger partial charge in [0.05, 0.1) is 24.8 Å². The Morgan fingerprint density at radius 2 is 2.27 bits per heavy atom. The van der Waals surface area contributed by atoms with Crippen LogP contribution in [0.15, 0.2) is 18.2 Å². The normalized spacial score (nSPS) is 16.4. The van der Waals surface area contributed by atoms with Gasteiger partial charge in [0.1, 0.15) is 5.75 Å². The summed E-state index contributed by atoms with van der Waals surface area (Å²) in [5.41, 5.74) is 1.46. The molecule has 0 bridgehead atoms. The first kappa shape index (κ1) is 16.1. The van der Waals surface area contributed by atoms with E-state index in [-0.39, 0.29) is 25.1 Å². The molecule has 1 atom stereocenters. The Morgan fingerprint density at radius 1 is 1.50 bits per heavy atom. The number of amides is 2. The van der Waals surface area contributed by atoms with Gasteiger partial charge in [-0.2, -0.15) is 0 Å². The zero-order valence-electron chi connectivity index (χ0n) is 12.7. The van der Waals surface area contributed by atoms with Crippen molar-refractivity contribution in [3.05, 3.63) is 23.8 Å². The van der Waals surface area contributed by atoms with E-state index in [4.69, 9.17) is 14.6 Å². The van der Waals surface area contributed by atoms with Crippen LogP contribution in [0.4, 0.5) is 10.5 Å². The van der Waals surface area contributed by atoms with Gasteiger partial charge in [-0.1, -0.05) is 12.1 Å². The van der Waals surface area contributed by atoms with Crippen molar-refractivity contribution < 1.29 is 24.2 Å². The van der Waals surface area contributed by atoms with Gasteiger partial charge in [-0.25, -0.2) is 4.79 Å². The first-order chi connectivity index (χ1) is 10.5. The number of benzene rings is 1. The molecule has 1 aliphatic rings. The second-order valence-corrected chi connectivity index (χ2v) is 5.08. The second-order valence-electron chi connectivity index (χ2n) is 5.08. The number of carbonyl (C=O) groups excluding carboxylic acids is 1. The Morgan fingerprint density at radius 3 is 2.95 bits per heavy atom. The molecule has 0 fully saturated rings. The lowest BCUT2D eigenvalue weighted by Crippen LogP contribution is -2.33. The minimum absolute atomic E-state index is 0.0506. The Kier molecular flexibility index (Phi) is 5.21. The zero-order chi connectivity index (χ0) is 16.1. The van der Waals surface area contributed by atoms with Gasteiger partial charge in [-0.05, 0) is 6.07 Å². The number of carboxylic acids is 1. The van der Waals surface area contributed by atoms with E-state index in [9.17, 15) is 9.59 Å². The highest BCUT2D eigenvalue weighted by molar-refractivity contribution is 5.91. The molecule has 1 heterocycles. The molecule has 7 nitrogen and oxygen atoms in total. The van der Waals surface area contributed by atoms with Crippen LogP contribution in [-0.4, -0.2) is 49.3 Å². The molecule has 1 aromatic rings. The fourth-order valence-electron chi connectivity index (χ4n) is 2.31. The van der Waals surface area contributed by atoms with Crippen LogP contribution in [0.1, 0.15) is 24.5 Å². The largest absolute Gasteiger partial charge is 0.491 e. The van der Waals surface area contributed by atoms with Gasteiger partial charge in [-0.15, -0.1) is 0 Å². The average Bonchev–Trinajstić information content (AvgIpc) is 2.52. The average molecular weight is 308 g/mol. The Hall–Kier alpha value is -2.28. The molecular formula is C15H20N2O5. The number of nitrogens with zero attached hydrogens (tertiary/aromatic N) is 1. The minimum Gasteiger partial charge on any atom is -0.491 e. The van der Waals surface area contributed by atoms with Crippen molar-refractivity contribution in [2.75, 3.05) is 32.6 Å². The smallest absolute Gasteiger partial charge is 0.321 e. The molecule has 0 saturated heterocycles. The highest BCUT2D eigenvalue weighted by Gasteiger charge is 2.24. The van der Waals surface area contributed by atoms with Crippen LogP contribution < -0.4 is 10.1 Å². The summed E-state index contributed by atoms with van der Waals surface area (Å²) in [5, 5.41) is 11.4. The predicted molar refractivity (Wildman–Crippen MR) is 80.2 cm³/mol. The fourth-order valence-corrected chi connectivity index (χ4v) is 2.31. The SMILES string of the molecule is COC1CCOc2c(NC(=O)N(C)CCC(=O)O)cccc21. The Bertz CT molecular complexity index is 561. The number of ether oxygens (including phenoxy) is 2. The molecule has 2 rings (SSSR count). The van der Waals surface area contributed by atoms with Gasteiger partial charge in [0, 0.05) is 32.7 Å². The standard InChI is InChI=1S/C15H20N2O5/c1-17(8-6-13(18)19)15(20)16-11-5-3-4-10-12(21-2)7-9-22-14(10)11/h3-5,12H,6-9H2,1-2H3,(H,16,20)(H,18,19). The van der Waals surface area contributed by atoms with Crippen LogP contribution in [-0.2, 0) is 9.53 Å². The van der Waals surface area contributed by atoms with E-state index in [1.807, 2.05) is 12.1 Å². The second kappa shape index (κ2) is 7.13. The molecule has 0 saturated carbocycles. The molecule has 0 spiro atoms. The first-order valence-corrected chi connectivity index (χ1v) is 7.05. The van der Waals surface area contributed by atoms with Gasteiger partial charge < -0.3 is 24.8 Å². The highest BCUT2D eigenvalue weighted by Crippen LogP contribution is 2.39. The number of hydrogen-bond acceptors (Lipinski definition) is 4. The van der Waals surface area contributed by atoms with Gasteiger partial charge in [0.25, 0.3) is 0 Å². The van der Waals surface area contributed by atoms with Gasteiger partial charge >= 0.3 is 12.0 Å². The van der Waals surface area contributed by atoms with Crippen LogP contribution in [0.2, 0.25) is 0 Å². The summed E-state index contributed by atoms with van der Waals surface area (Å²) >= 11 is 0. The van der Waals surface area contributed by atoms with Crippen LogP contribution in [0, 0.1) is 0 Å². The van der Waals surface area contributed by atoms with E-state index in [1.165, 1.54) is 4.90 Å². The molecule has 1 unspecified atom stereocenters. The van der Waals surface area contributed by atoms with Gasteiger partial charge in [0.2, 0.25) is 0 Å². The summed E-state index contributed by atoms with van der Waals surface area (Å²) in [6.07, 6.45) is 0.615. The maximum atomic E-state index is 12.1. The fraction of sp³-hybridized carbons (Fsp3) is 0.467. The number of methoxy groups -OCH3 is 1. The van der Waals surface area contributed by atoms with E-state index in [1.54, 1.807) is 20.2 Å². The van der Waals surface area contributed by atoms with Gasteiger partial charge in [0.15, 0.2) is 0 Å². The third-order valence-electron chi connectivity index (χ3n) is 3.55. The maximum Gasteiger partial charge on any atom is 0.321 e. The summed E-state index contributed by atoms with van der Waals surface area (Å²) in [6, 6.07) is 5.11. The third-order valence-corrected chi connectivity index (χ3v) is 3.55. The zero-order valence-corrected chi connectivity index (χ0v) is 12.7. The number of carbonyl (C=O) groups is 2. The summed E-state index contributed by atoms with van der Waals surface area (Å²) in [5.74, 6) is -0.330. The Labute approximate surface area is 128 Å². The number of aliphatic carboxylic acids is 1. The van der Waals surface area contributed by atoms with Crippen molar-refractivity contribution in [3.63, 3.8) is 0 Å². The van der Waals surface area contributed by atoms with E-state index in [2.05, 4.69) is 5.32 Å². The number of carboxylic acid groups (broad SMARTS) is 1. The highest BCUT2D eigenvalue weighted by atomic mass is 16.5. The van der Waals surface area contributed by atoms with Gasteiger partial charge in [-0.3, -0.25) is 4.79 Å². The number of rotatable bonds is 5. The molecule has 0 aliphatic carbocycles. The lowest BCUT2D eigenvalue weighted by atomic mass is 10.0. The number of hydrogen-bond donors (Lipinski definition) is 2. The first-order valence-electron chi connectivity index (χ1n) is 7.05. The summed E-state index contributed by atoms with van der Waals surface area (Å²) in [6.45, 7) is 0.658. The molecule has 1 aliphatic heterocycles. The van der Waals surface area contributed by atoms with Crippen molar-refractivity contribution in [2.45, 2.75) is 18.9 Å². The van der Waals surface area contributed by atoms with Crippen LogP contribution in [0.3, 0.4) is 0 Å². The number of anilines is 1. The number of urea groups is 1. The van der Waals surface area contributed by atoms with Crippen LogP contribution in [0.5, 0.6) is 5.75 Å². The predicted octanol–water partition coefficient (Wildman–Crippen LogP) is 2.10. The minimum atomic E-state index is -0.942. The monoisotopic (exact) mass is 308 g/mol. The van der Waals surface area contributed by atoms with Crippen LogP contribution in [0.25, 0.3) is 0 Å². The summed E-state index contributed by atoms with van der Waals surface area (Å²) in [7, 11) is 3.19. The molecule has 2 N–H and O–H groups in total. The summed E-state index contributed by atoms with van der Waals surface area (Å²) in [4.78, 5) is 24.0. The number of nitrogens with one attached hydrogen (secondary N) is 1. The van der Waals surface area contributed by atoms with E-state index >= 15 is 0 Å². The molecule has 0 radical (unpaired) electrons. The molecule has 1 aromatic carbocycles. The number of para-hydroxylation sites is 1. The van der Waals surface area contributed by atoms with E-state index < -0.39 is 5.97 Å². The van der Waals surface area contributed by atoms with Crippen molar-refractivity contribution >= 4 is 17.7 Å². The number of fused-ring (bicyclic) bond motifs is 1. The van der Waals surface area contributed by atoms with Crippen molar-refractivity contribution in [1.29, 1.82) is 0 Å². The Balaban J connectivity index is 2.10. The topological polar surface area (TPSA) is 88.1 Å². The lowest BCUT2D eigenvalue weighted by Gasteiger charge is -2.27. The van der Waals surface area contributed by atoms with E-state index in [0.717, 1.165) is 12.0 Å². The molecule has 22 heavy (non-hydrogen) atoms.